The van der Waals surface area contributed by atoms with Gasteiger partial charge < -0.3 is 20.1 Å². The van der Waals surface area contributed by atoms with E-state index in [0.29, 0.717) is 19.1 Å². The Bertz CT molecular complexity index is 466. The predicted molar refractivity (Wildman–Crippen MR) is 112 cm³/mol. The maximum absolute atomic E-state index is 12.2. The van der Waals surface area contributed by atoms with Gasteiger partial charge in [0.05, 0.1) is 6.61 Å². The van der Waals surface area contributed by atoms with E-state index in [4.69, 9.17) is 9.47 Å². The van der Waals surface area contributed by atoms with Gasteiger partial charge in [-0.25, -0.2) is 9.59 Å². The van der Waals surface area contributed by atoms with Gasteiger partial charge in [-0.1, -0.05) is 51.7 Å². The number of rotatable bonds is 8. The minimum absolute atomic E-state index is 0.146. The molecule has 0 radical (unpaired) electrons. The van der Waals surface area contributed by atoms with Gasteiger partial charge in [-0.05, 0) is 39.2 Å². The van der Waals surface area contributed by atoms with Crippen LogP contribution in [-0.4, -0.2) is 45.1 Å². The van der Waals surface area contributed by atoms with Crippen LogP contribution in [0.3, 0.4) is 0 Å². The SMILES string of the molecule is CC(C)(C)OC(=O)N[C@H](CNC(=O)OCC[Si](C)(C)C)CC1CCCCC1. The lowest BCUT2D eigenvalue weighted by Gasteiger charge is -2.28. The molecule has 2 N–H and O–H groups in total. The van der Waals surface area contributed by atoms with Crippen molar-refractivity contribution < 1.29 is 19.1 Å². The lowest BCUT2D eigenvalue weighted by Crippen LogP contribution is -2.46. The van der Waals surface area contributed by atoms with Gasteiger partial charge in [0.25, 0.3) is 0 Å². The topological polar surface area (TPSA) is 76.7 Å². The molecule has 1 rings (SSSR count). The molecule has 0 aliphatic heterocycles. The second kappa shape index (κ2) is 10.9. The Labute approximate surface area is 166 Å². The van der Waals surface area contributed by atoms with E-state index in [9.17, 15) is 9.59 Å². The molecule has 1 fully saturated rings. The Morgan fingerprint density at radius 1 is 1.07 bits per heavy atom. The van der Waals surface area contributed by atoms with E-state index in [2.05, 4.69) is 30.3 Å². The van der Waals surface area contributed by atoms with Gasteiger partial charge in [-0.3, -0.25) is 0 Å². The molecule has 0 unspecified atom stereocenters. The van der Waals surface area contributed by atoms with E-state index in [-0.39, 0.29) is 6.04 Å². The van der Waals surface area contributed by atoms with Gasteiger partial charge in [-0.15, -0.1) is 0 Å². The molecule has 0 heterocycles. The summed E-state index contributed by atoms with van der Waals surface area (Å²) in [6.07, 6.45) is 6.17. The second-order valence-electron chi connectivity index (χ2n) is 9.91. The van der Waals surface area contributed by atoms with Crippen molar-refractivity contribution in [1.82, 2.24) is 10.6 Å². The molecule has 27 heavy (non-hydrogen) atoms. The van der Waals surface area contributed by atoms with Crippen molar-refractivity contribution in [2.24, 2.45) is 5.92 Å². The molecule has 6 nitrogen and oxygen atoms in total. The molecule has 158 valence electrons. The molecule has 0 bridgehead atoms. The monoisotopic (exact) mass is 400 g/mol. The third-order valence-electron chi connectivity index (χ3n) is 4.64. The van der Waals surface area contributed by atoms with E-state index in [1.54, 1.807) is 0 Å². The van der Waals surface area contributed by atoms with Crippen LogP contribution in [0.25, 0.3) is 0 Å². The average molecular weight is 401 g/mol. The number of carbonyl (C=O) groups is 2. The Morgan fingerprint density at radius 2 is 1.70 bits per heavy atom. The lowest BCUT2D eigenvalue weighted by molar-refractivity contribution is 0.0493. The summed E-state index contributed by atoms with van der Waals surface area (Å²) in [5.41, 5.74) is -0.539. The molecular formula is C20H40N2O4Si. The van der Waals surface area contributed by atoms with Crippen molar-refractivity contribution in [2.45, 2.75) is 96.6 Å². The van der Waals surface area contributed by atoms with Crippen LogP contribution >= 0.6 is 0 Å². The van der Waals surface area contributed by atoms with E-state index in [1.807, 2.05) is 20.8 Å². The summed E-state index contributed by atoms with van der Waals surface area (Å²) in [7, 11) is -1.22. The molecule has 1 aliphatic rings. The number of alkyl carbamates (subject to hydrolysis) is 2. The van der Waals surface area contributed by atoms with Gasteiger partial charge in [0, 0.05) is 20.7 Å². The molecule has 7 heteroatoms. The second-order valence-corrected chi connectivity index (χ2v) is 15.5. The highest BCUT2D eigenvalue weighted by molar-refractivity contribution is 6.76. The van der Waals surface area contributed by atoms with Gasteiger partial charge in [0.2, 0.25) is 0 Å². The summed E-state index contributed by atoms with van der Waals surface area (Å²) in [6, 6.07) is 0.801. The van der Waals surface area contributed by atoms with Gasteiger partial charge in [-0.2, -0.15) is 0 Å². The van der Waals surface area contributed by atoms with Crippen molar-refractivity contribution >= 4 is 20.3 Å². The maximum Gasteiger partial charge on any atom is 0.407 e. The van der Waals surface area contributed by atoms with Crippen LogP contribution in [0.1, 0.15) is 59.3 Å². The van der Waals surface area contributed by atoms with Crippen LogP contribution < -0.4 is 10.6 Å². The van der Waals surface area contributed by atoms with Crippen LogP contribution in [0.15, 0.2) is 0 Å². The minimum atomic E-state index is -1.22. The number of amides is 2. The Morgan fingerprint density at radius 3 is 2.26 bits per heavy atom. The Kier molecular flexibility index (Phi) is 9.63. The van der Waals surface area contributed by atoms with Gasteiger partial charge in [0.15, 0.2) is 0 Å². The molecule has 1 atom stereocenters. The fourth-order valence-corrected chi connectivity index (χ4v) is 3.91. The van der Waals surface area contributed by atoms with E-state index in [1.165, 1.54) is 32.1 Å². The van der Waals surface area contributed by atoms with Crippen LogP contribution in [-0.2, 0) is 9.47 Å². The number of carbonyl (C=O) groups excluding carboxylic acids is 2. The summed E-state index contributed by atoms with van der Waals surface area (Å²) in [5.74, 6) is 0.586. The molecule has 0 aromatic rings. The van der Waals surface area contributed by atoms with Crippen molar-refractivity contribution in [3.8, 4) is 0 Å². The highest BCUT2D eigenvalue weighted by Gasteiger charge is 2.24. The van der Waals surface area contributed by atoms with Crippen LogP contribution in [0.2, 0.25) is 25.7 Å². The first kappa shape index (κ1) is 23.8. The fourth-order valence-electron chi connectivity index (χ4n) is 3.20. The molecule has 1 saturated carbocycles. The Balaban J connectivity index is 2.49. The number of nitrogens with one attached hydrogen (secondary N) is 2. The molecule has 1 aliphatic carbocycles. The molecule has 0 aromatic carbocycles. The summed E-state index contributed by atoms with van der Waals surface area (Å²) >= 11 is 0. The van der Waals surface area contributed by atoms with E-state index >= 15 is 0 Å². The zero-order valence-corrected chi connectivity index (χ0v) is 19.2. The predicted octanol–water partition coefficient (Wildman–Crippen LogP) is 4.91. The lowest BCUT2D eigenvalue weighted by atomic mass is 9.85. The zero-order valence-electron chi connectivity index (χ0n) is 18.2. The van der Waals surface area contributed by atoms with Gasteiger partial charge in [0.1, 0.15) is 5.60 Å². The number of ether oxygens (including phenoxy) is 2. The first-order valence-electron chi connectivity index (χ1n) is 10.3. The summed E-state index contributed by atoms with van der Waals surface area (Å²) in [6.45, 7) is 13.1. The summed E-state index contributed by atoms with van der Waals surface area (Å²) in [4.78, 5) is 24.1. The molecule has 0 aromatic heterocycles. The van der Waals surface area contributed by atoms with E-state index < -0.39 is 25.9 Å². The normalized spacial score (nSPS) is 17.1. The van der Waals surface area contributed by atoms with Crippen molar-refractivity contribution in [2.75, 3.05) is 13.2 Å². The standard InChI is InChI=1S/C20H40N2O4Si/c1-20(2,3)26-19(24)22-17(14-16-10-8-7-9-11-16)15-21-18(23)25-12-13-27(4,5)6/h16-17H,7-15H2,1-6H3,(H,21,23)(H,22,24)/t17-/m0/s1. The first-order valence-corrected chi connectivity index (χ1v) is 14.1. The fraction of sp³-hybridized carbons (Fsp3) is 0.900. The summed E-state index contributed by atoms with van der Waals surface area (Å²) in [5, 5.41) is 5.74. The first-order chi connectivity index (χ1) is 12.4. The van der Waals surface area contributed by atoms with Crippen LogP contribution in [0, 0.1) is 5.92 Å². The third kappa shape index (κ3) is 12.7. The van der Waals surface area contributed by atoms with Crippen molar-refractivity contribution in [3.63, 3.8) is 0 Å². The Hall–Kier alpha value is -1.24. The molecule has 0 saturated heterocycles. The van der Waals surface area contributed by atoms with Crippen molar-refractivity contribution in [3.05, 3.63) is 0 Å². The minimum Gasteiger partial charge on any atom is -0.450 e. The highest BCUT2D eigenvalue weighted by Crippen LogP contribution is 2.27. The largest absolute Gasteiger partial charge is 0.450 e. The van der Waals surface area contributed by atoms with Crippen LogP contribution in [0.5, 0.6) is 0 Å². The third-order valence-corrected chi connectivity index (χ3v) is 6.35. The smallest absolute Gasteiger partial charge is 0.407 e. The zero-order chi connectivity index (χ0) is 20.5. The number of hydrogen-bond donors (Lipinski definition) is 2. The molecule has 0 spiro atoms. The maximum atomic E-state index is 12.2. The quantitative estimate of drug-likeness (QED) is 0.567. The van der Waals surface area contributed by atoms with Crippen LogP contribution in [0.4, 0.5) is 9.59 Å². The van der Waals surface area contributed by atoms with Crippen molar-refractivity contribution in [1.29, 1.82) is 0 Å². The summed E-state index contributed by atoms with van der Waals surface area (Å²) < 4.78 is 10.7. The molecular weight excluding hydrogens is 360 g/mol. The highest BCUT2D eigenvalue weighted by atomic mass is 28.3. The van der Waals surface area contributed by atoms with E-state index in [0.717, 1.165) is 12.5 Å². The molecule has 2 amide bonds. The number of hydrogen-bond acceptors (Lipinski definition) is 4. The van der Waals surface area contributed by atoms with Gasteiger partial charge >= 0.3 is 12.2 Å². The average Bonchev–Trinajstić information content (AvgIpc) is 2.50.